The van der Waals surface area contributed by atoms with Gasteiger partial charge in [0.1, 0.15) is 11.6 Å². The van der Waals surface area contributed by atoms with Gasteiger partial charge in [-0.05, 0) is 24.3 Å². The Morgan fingerprint density at radius 2 is 1.95 bits per heavy atom. The van der Waals surface area contributed by atoms with Gasteiger partial charge in [0.25, 0.3) is 5.91 Å². The molecule has 6 heteroatoms. The van der Waals surface area contributed by atoms with E-state index >= 15 is 0 Å². The van der Waals surface area contributed by atoms with Crippen LogP contribution in [-0.2, 0) is 0 Å². The number of aromatic nitrogens is 3. The number of carbonyl (C=O) groups excluding carboxylic acids is 1. The lowest BCUT2D eigenvalue weighted by molar-refractivity contribution is 0.0983. The molecule has 0 spiro atoms. The first kappa shape index (κ1) is 13.1. The molecule has 0 aliphatic heterocycles. The van der Waals surface area contributed by atoms with Gasteiger partial charge < -0.3 is 10.0 Å². The second-order valence-corrected chi connectivity index (χ2v) is 4.58. The first-order valence-corrected chi connectivity index (χ1v) is 5.98. The standard InChI is InChI=1S/C13H16N4O2/c1-8(2)11-14-12(16-15-11)13(19)17(3)9-4-6-10(18)7-5-9/h4-8,18H,1-3H3,(H,14,15,16). The average molecular weight is 260 g/mol. The van der Waals surface area contributed by atoms with Crippen LogP contribution in [0, 0.1) is 0 Å². The zero-order valence-corrected chi connectivity index (χ0v) is 11.1. The van der Waals surface area contributed by atoms with Gasteiger partial charge in [-0.1, -0.05) is 13.8 Å². The minimum absolute atomic E-state index is 0.138. The number of anilines is 1. The summed E-state index contributed by atoms with van der Waals surface area (Å²) in [6.45, 7) is 3.94. The third-order valence-electron chi connectivity index (χ3n) is 2.78. The molecule has 0 atom stereocenters. The lowest BCUT2D eigenvalue weighted by Gasteiger charge is -2.15. The van der Waals surface area contributed by atoms with Crippen LogP contribution in [0.4, 0.5) is 5.69 Å². The van der Waals surface area contributed by atoms with Crippen molar-refractivity contribution in [3.8, 4) is 5.75 Å². The molecule has 0 radical (unpaired) electrons. The average Bonchev–Trinajstić information content (AvgIpc) is 2.87. The van der Waals surface area contributed by atoms with Crippen LogP contribution < -0.4 is 4.90 Å². The van der Waals surface area contributed by atoms with Crippen molar-refractivity contribution in [3.63, 3.8) is 0 Å². The highest BCUT2D eigenvalue weighted by Gasteiger charge is 2.19. The molecule has 0 aliphatic rings. The van der Waals surface area contributed by atoms with Crippen LogP contribution in [0.5, 0.6) is 5.75 Å². The third-order valence-corrected chi connectivity index (χ3v) is 2.78. The molecule has 1 heterocycles. The van der Waals surface area contributed by atoms with Crippen LogP contribution in [0.15, 0.2) is 24.3 Å². The Labute approximate surface area is 111 Å². The molecular weight excluding hydrogens is 244 g/mol. The van der Waals surface area contributed by atoms with Gasteiger partial charge in [-0.15, -0.1) is 5.10 Å². The fourth-order valence-electron chi connectivity index (χ4n) is 1.57. The summed E-state index contributed by atoms with van der Waals surface area (Å²) < 4.78 is 0. The van der Waals surface area contributed by atoms with Gasteiger partial charge in [0.05, 0.1) is 0 Å². The molecule has 2 aromatic rings. The predicted molar refractivity (Wildman–Crippen MR) is 71.3 cm³/mol. The number of H-pyrrole nitrogens is 1. The molecule has 2 N–H and O–H groups in total. The van der Waals surface area contributed by atoms with E-state index < -0.39 is 0 Å². The van der Waals surface area contributed by atoms with E-state index in [0.29, 0.717) is 11.5 Å². The number of hydrogen-bond acceptors (Lipinski definition) is 4. The molecular formula is C13H16N4O2. The van der Waals surface area contributed by atoms with Crippen molar-refractivity contribution >= 4 is 11.6 Å². The van der Waals surface area contributed by atoms with Gasteiger partial charge in [-0.2, -0.15) is 0 Å². The minimum Gasteiger partial charge on any atom is -0.508 e. The molecule has 0 aliphatic carbocycles. The fourth-order valence-corrected chi connectivity index (χ4v) is 1.57. The molecule has 0 unspecified atom stereocenters. The Hall–Kier alpha value is -2.37. The van der Waals surface area contributed by atoms with Gasteiger partial charge in [-0.25, -0.2) is 4.98 Å². The van der Waals surface area contributed by atoms with Crippen LogP contribution in [0.2, 0.25) is 0 Å². The largest absolute Gasteiger partial charge is 0.508 e. The van der Waals surface area contributed by atoms with E-state index in [9.17, 15) is 9.90 Å². The minimum atomic E-state index is -0.297. The normalized spacial score (nSPS) is 10.7. The summed E-state index contributed by atoms with van der Waals surface area (Å²) in [5.41, 5.74) is 0.665. The number of phenolic OH excluding ortho intramolecular Hbond substituents is 1. The van der Waals surface area contributed by atoms with Gasteiger partial charge in [0.2, 0.25) is 5.82 Å². The summed E-state index contributed by atoms with van der Waals surface area (Å²) in [4.78, 5) is 17.8. The molecule has 1 aromatic carbocycles. The first-order valence-electron chi connectivity index (χ1n) is 5.98. The van der Waals surface area contributed by atoms with Crippen LogP contribution in [-0.4, -0.2) is 33.2 Å². The maximum absolute atomic E-state index is 12.2. The maximum Gasteiger partial charge on any atom is 0.297 e. The fraction of sp³-hybridized carbons (Fsp3) is 0.308. The topological polar surface area (TPSA) is 82.1 Å². The molecule has 19 heavy (non-hydrogen) atoms. The number of phenols is 1. The van der Waals surface area contributed by atoms with Crippen molar-refractivity contribution in [2.24, 2.45) is 0 Å². The monoisotopic (exact) mass is 260 g/mol. The molecule has 100 valence electrons. The lowest BCUT2D eigenvalue weighted by atomic mass is 10.2. The van der Waals surface area contributed by atoms with E-state index in [4.69, 9.17) is 0 Å². The molecule has 6 nitrogen and oxygen atoms in total. The highest BCUT2D eigenvalue weighted by molar-refractivity contribution is 6.03. The summed E-state index contributed by atoms with van der Waals surface area (Å²) in [6, 6.07) is 6.36. The highest BCUT2D eigenvalue weighted by Crippen LogP contribution is 2.18. The van der Waals surface area contributed by atoms with E-state index in [-0.39, 0.29) is 23.4 Å². The highest BCUT2D eigenvalue weighted by atomic mass is 16.3. The quantitative estimate of drug-likeness (QED) is 0.883. The Morgan fingerprint density at radius 1 is 1.32 bits per heavy atom. The van der Waals surface area contributed by atoms with Crippen LogP contribution in [0.1, 0.15) is 36.2 Å². The number of benzene rings is 1. The smallest absolute Gasteiger partial charge is 0.297 e. The number of nitrogens with one attached hydrogen (secondary N) is 1. The molecule has 0 fully saturated rings. The van der Waals surface area contributed by atoms with E-state index in [1.807, 2.05) is 13.8 Å². The zero-order chi connectivity index (χ0) is 14.0. The summed E-state index contributed by atoms with van der Waals surface area (Å²) >= 11 is 0. The lowest BCUT2D eigenvalue weighted by Crippen LogP contribution is -2.27. The van der Waals surface area contributed by atoms with Crippen molar-refractivity contribution in [1.82, 2.24) is 15.2 Å². The second kappa shape index (κ2) is 5.09. The summed E-state index contributed by atoms with van der Waals surface area (Å²) in [5, 5.41) is 15.9. The maximum atomic E-state index is 12.2. The summed E-state index contributed by atoms with van der Waals surface area (Å²) in [6.07, 6.45) is 0. The van der Waals surface area contributed by atoms with Crippen molar-refractivity contribution in [2.45, 2.75) is 19.8 Å². The molecule has 1 amide bonds. The Bertz CT molecular complexity index is 575. The van der Waals surface area contributed by atoms with E-state index in [1.165, 1.54) is 17.0 Å². The third kappa shape index (κ3) is 2.73. The Morgan fingerprint density at radius 3 is 2.47 bits per heavy atom. The van der Waals surface area contributed by atoms with Crippen LogP contribution in [0.3, 0.4) is 0 Å². The second-order valence-electron chi connectivity index (χ2n) is 4.58. The number of amides is 1. The van der Waals surface area contributed by atoms with Crippen molar-refractivity contribution in [1.29, 1.82) is 0 Å². The van der Waals surface area contributed by atoms with Crippen molar-refractivity contribution < 1.29 is 9.90 Å². The van der Waals surface area contributed by atoms with Gasteiger partial charge >= 0.3 is 0 Å². The molecule has 0 bridgehead atoms. The van der Waals surface area contributed by atoms with Crippen LogP contribution >= 0.6 is 0 Å². The van der Waals surface area contributed by atoms with E-state index in [2.05, 4.69) is 15.2 Å². The van der Waals surface area contributed by atoms with Gasteiger partial charge in [0, 0.05) is 18.7 Å². The van der Waals surface area contributed by atoms with Gasteiger partial charge in [0.15, 0.2) is 0 Å². The summed E-state index contributed by atoms with van der Waals surface area (Å²) in [7, 11) is 1.64. The predicted octanol–water partition coefficient (Wildman–Crippen LogP) is 1.91. The number of nitrogens with zero attached hydrogens (tertiary/aromatic N) is 3. The zero-order valence-electron chi connectivity index (χ0n) is 11.1. The molecule has 0 saturated carbocycles. The SMILES string of the molecule is CC(C)c1nc(C(=O)N(C)c2ccc(O)cc2)n[nH]1. The van der Waals surface area contributed by atoms with E-state index in [1.54, 1.807) is 19.2 Å². The van der Waals surface area contributed by atoms with Crippen molar-refractivity contribution in [2.75, 3.05) is 11.9 Å². The molecule has 1 aromatic heterocycles. The number of aromatic hydroxyl groups is 1. The molecule has 2 rings (SSSR count). The van der Waals surface area contributed by atoms with Crippen LogP contribution in [0.25, 0.3) is 0 Å². The number of aromatic amines is 1. The number of hydrogen-bond donors (Lipinski definition) is 2. The number of carbonyl (C=O) groups is 1. The first-order chi connectivity index (χ1) is 8.99. The summed E-state index contributed by atoms with van der Waals surface area (Å²) in [5.74, 6) is 0.869. The number of rotatable bonds is 3. The van der Waals surface area contributed by atoms with E-state index in [0.717, 1.165) is 0 Å². The van der Waals surface area contributed by atoms with Gasteiger partial charge in [-0.3, -0.25) is 9.89 Å². The Balaban J connectivity index is 2.20. The Kier molecular flexibility index (Phi) is 3.50. The van der Waals surface area contributed by atoms with Crippen molar-refractivity contribution in [3.05, 3.63) is 35.9 Å². The molecule has 0 saturated heterocycles.